The Labute approximate surface area is 85.4 Å². The first-order valence-corrected chi connectivity index (χ1v) is 5.28. The zero-order chi connectivity index (χ0) is 10.4. The minimum Gasteiger partial charge on any atom is -0.372 e. The standard InChI is InChI=1S/C10H20N2O2/c1-8(14-2)10(13)12-7-3-6-11-9-4-5-9/h8-9,11H,3-7H2,1-2H3,(H,12,13). The Kier molecular flexibility index (Phi) is 4.90. The van der Waals surface area contributed by atoms with Gasteiger partial charge in [0, 0.05) is 19.7 Å². The van der Waals surface area contributed by atoms with E-state index in [-0.39, 0.29) is 12.0 Å². The number of ether oxygens (including phenoxy) is 1. The van der Waals surface area contributed by atoms with Crippen molar-refractivity contribution >= 4 is 5.91 Å². The third-order valence-electron chi connectivity index (χ3n) is 2.39. The van der Waals surface area contributed by atoms with Gasteiger partial charge in [0.15, 0.2) is 0 Å². The van der Waals surface area contributed by atoms with Gasteiger partial charge in [0.05, 0.1) is 0 Å². The summed E-state index contributed by atoms with van der Waals surface area (Å²) in [7, 11) is 1.54. The Morgan fingerprint density at radius 1 is 1.50 bits per heavy atom. The first kappa shape index (κ1) is 11.5. The molecular formula is C10H20N2O2. The number of methoxy groups -OCH3 is 1. The molecule has 0 heterocycles. The normalized spacial score (nSPS) is 17.9. The molecule has 1 atom stereocenters. The number of carbonyl (C=O) groups excluding carboxylic acids is 1. The van der Waals surface area contributed by atoms with Crippen LogP contribution in [0, 0.1) is 0 Å². The van der Waals surface area contributed by atoms with Crippen LogP contribution >= 0.6 is 0 Å². The van der Waals surface area contributed by atoms with Crippen molar-refractivity contribution in [2.75, 3.05) is 20.2 Å². The van der Waals surface area contributed by atoms with E-state index in [1.165, 1.54) is 12.8 Å². The maximum Gasteiger partial charge on any atom is 0.248 e. The molecule has 4 heteroatoms. The van der Waals surface area contributed by atoms with E-state index in [9.17, 15) is 4.79 Å². The number of nitrogens with one attached hydrogen (secondary N) is 2. The highest BCUT2D eigenvalue weighted by Crippen LogP contribution is 2.18. The van der Waals surface area contributed by atoms with Crippen LogP contribution in [-0.4, -0.2) is 38.3 Å². The molecule has 0 aromatic carbocycles. The van der Waals surface area contributed by atoms with Crippen molar-refractivity contribution < 1.29 is 9.53 Å². The summed E-state index contributed by atoms with van der Waals surface area (Å²) >= 11 is 0. The zero-order valence-corrected chi connectivity index (χ0v) is 9.01. The molecule has 0 radical (unpaired) electrons. The second-order valence-electron chi connectivity index (χ2n) is 3.75. The van der Waals surface area contributed by atoms with Crippen molar-refractivity contribution in [3.63, 3.8) is 0 Å². The van der Waals surface area contributed by atoms with Gasteiger partial charge in [-0.25, -0.2) is 0 Å². The van der Waals surface area contributed by atoms with Crippen LogP contribution in [0.2, 0.25) is 0 Å². The molecule has 1 rings (SSSR count). The highest BCUT2D eigenvalue weighted by Gasteiger charge is 2.19. The molecule has 14 heavy (non-hydrogen) atoms. The van der Waals surface area contributed by atoms with E-state index in [0.717, 1.165) is 25.6 Å². The lowest BCUT2D eigenvalue weighted by molar-refractivity contribution is -0.130. The van der Waals surface area contributed by atoms with Gasteiger partial charge in [-0.15, -0.1) is 0 Å². The molecule has 1 amide bonds. The topological polar surface area (TPSA) is 50.4 Å². The molecule has 0 aromatic rings. The number of amides is 1. The van der Waals surface area contributed by atoms with Crippen LogP contribution in [0.25, 0.3) is 0 Å². The minimum atomic E-state index is -0.341. The maximum atomic E-state index is 11.2. The van der Waals surface area contributed by atoms with E-state index in [1.807, 2.05) is 0 Å². The monoisotopic (exact) mass is 200 g/mol. The van der Waals surface area contributed by atoms with E-state index >= 15 is 0 Å². The summed E-state index contributed by atoms with van der Waals surface area (Å²) in [6, 6.07) is 0.753. The Bertz CT molecular complexity index is 181. The molecule has 1 fully saturated rings. The lowest BCUT2D eigenvalue weighted by atomic mass is 10.3. The van der Waals surface area contributed by atoms with E-state index in [4.69, 9.17) is 4.74 Å². The fraction of sp³-hybridized carbons (Fsp3) is 0.900. The average molecular weight is 200 g/mol. The van der Waals surface area contributed by atoms with Crippen molar-refractivity contribution in [2.24, 2.45) is 0 Å². The predicted octanol–water partition coefficient (Wildman–Crippen LogP) is 0.280. The third kappa shape index (κ3) is 4.58. The summed E-state index contributed by atoms with van der Waals surface area (Å²) in [5, 5.41) is 6.21. The van der Waals surface area contributed by atoms with Gasteiger partial charge in [-0.1, -0.05) is 0 Å². The van der Waals surface area contributed by atoms with E-state index in [0.29, 0.717) is 0 Å². The minimum absolute atomic E-state index is 0.0288. The smallest absolute Gasteiger partial charge is 0.248 e. The van der Waals surface area contributed by atoms with Gasteiger partial charge in [-0.3, -0.25) is 4.79 Å². The molecule has 82 valence electrons. The fourth-order valence-corrected chi connectivity index (χ4v) is 1.14. The van der Waals surface area contributed by atoms with Crippen LogP contribution < -0.4 is 10.6 Å². The summed E-state index contributed by atoms with van der Waals surface area (Å²) in [6.45, 7) is 3.47. The molecule has 1 saturated carbocycles. The molecule has 0 saturated heterocycles. The van der Waals surface area contributed by atoms with Gasteiger partial charge in [-0.05, 0) is 32.7 Å². The molecule has 1 aliphatic rings. The molecular weight excluding hydrogens is 180 g/mol. The number of rotatable bonds is 7. The summed E-state index contributed by atoms with van der Waals surface area (Å²) in [6.07, 6.45) is 3.27. The van der Waals surface area contributed by atoms with Crippen molar-refractivity contribution in [3.8, 4) is 0 Å². The molecule has 0 aromatic heterocycles. The Balaban J connectivity index is 1.88. The predicted molar refractivity (Wildman–Crippen MR) is 55.1 cm³/mol. The van der Waals surface area contributed by atoms with Crippen molar-refractivity contribution in [1.29, 1.82) is 0 Å². The van der Waals surface area contributed by atoms with E-state index in [2.05, 4.69) is 10.6 Å². The highest BCUT2D eigenvalue weighted by molar-refractivity contribution is 5.80. The second-order valence-corrected chi connectivity index (χ2v) is 3.75. The van der Waals surface area contributed by atoms with E-state index in [1.54, 1.807) is 14.0 Å². The third-order valence-corrected chi connectivity index (χ3v) is 2.39. The molecule has 0 bridgehead atoms. The summed E-state index contributed by atoms with van der Waals surface area (Å²) in [5.41, 5.74) is 0. The van der Waals surface area contributed by atoms with Crippen LogP contribution in [0.5, 0.6) is 0 Å². The van der Waals surface area contributed by atoms with Crippen LogP contribution in [0.4, 0.5) is 0 Å². The molecule has 2 N–H and O–H groups in total. The zero-order valence-electron chi connectivity index (χ0n) is 9.01. The number of carbonyl (C=O) groups is 1. The Morgan fingerprint density at radius 3 is 2.79 bits per heavy atom. The lowest BCUT2D eigenvalue weighted by Crippen LogP contribution is -2.35. The summed E-state index contributed by atoms with van der Waals surface area (Å²) in [5.74, 6) is -0.0288. The quantitative estimate of drug-likeness (QED) is 0.580. The first-order valence-electron chi connectivity index (χ1n) is 5.28. The maximum absolute atomic E-state index is 11.2. The largest absolute Gasteiger partial charge is 0.372 e. The molecule has 0 spiro atoms. The van der Waals surface area contributed by atoms with Gasteiger partial charge in [0.2, 0.25) is 5.91 Å². The number of hydrogen-bond donors (Lipinski definition) is 2. The summed E-state index contributed by atoms with van der Waals surface area (Å²) < 4.78 is 4.89. The van der Waals surface area contributed by atoms with Crippen molar-refractivity contribution in [3.05, 3.63) is 0 Å². The van der Waals surface area contributed by atoms with Gasteiger partial charge in [0.1, 0.15) is 6.10 Å². The summed E-state index contributed by atoms with van der Waals surface area (Å²) in [4.78, 5) is 11.2. The van der Waals surface area contributed by atoms with Gasteiger partial charge in [-0.2, -0.15) is 0 Å². The molecule has 1 unspecified atom stereocenters. The van der Waals surface area contributed by atoms with Gasteiger partial charge < -0.3 is 15.4 Å². The van der Waals surface area contributed by atoms with Crippen LogP contribution in [0.3, 0.4) is 0 Å². The van der Waals surface area contributed by atoms with Gasteiger partial charge >= 0.3 is 0 Å². The Morgan fingerprint density at radius 2 is 2.21 bits per heavy atom. The fourth-order valence-electron chi connectivity index (χ4n) is 1.14. The van der Waals surface area contributed by atoms with Crippen molar-refractivity contribution in [1.82, 2.24) is 10.6 Å². The molecule has 1 aliphatic carbocycles. The first-order chi connectivity index (χ1) is 6.74. The lowest BCUT2D eigenvalue weighted by Gasteiger charge is -2.10. The van der Waals surface area contributed by atoms with Crippen LogP contribution in [-0.2, 0) is 9.53 Å². The van der Waals surface area contributed by atoms with Crippen molar-refractivity contribution in [2.45, 2.75) is 38.3 Å². The van der Waals surface area contributed by atoms with Crippen LogP contribution in [0.1, 0.15) is 26.2 Å². The Hall–Kier alpha value is -0.610. The SMILES string of the molecule is COC(C)C(=O)NCCCNC1CC1. The van der Waals surface area contributed by atoms with Gasteiger partial charge in [0.25, 0.3) is 0 Å². The second kappa shape index (κ2) is 5.98. The van der Waals surface area contributed by atoms with Crippen LogP contribution in [0.15, 0.2) is 0 Å². The highest BCUT2D eigenvalue weighted by atomic mass is 16.5. The molecule has 0 aliphatic heterocycles. The number of hydrogen-bond acceptors (Lipinski definition) is 3. The van der Waals surface area contributed by atoms with E-state index < -0.39 is 0 Å². The average Bonchev–Trinajstić information content (AvgIpc) is 2.99. The molecule has 4 nitrogen and oxygen atoms in total.